The lowest BCUT2D eigenvalue weighted by Crippen LogP contribution is -2.66. The summed E-state index contributed by atoms with van der Waals surface area (Å²) < 4.78 is 33.8. The third kappa shape index (κ3) is 17.8. The Balaban J connectivity index is 1.51. The Bertz CT molecular complexity index is 1280. The molecule has 0 aromatic carbocycles. The van der Waals surface area contributed by atoms with Crippen molar-refractivity contribution >= 4 is 5.91 Å². The largest absolute Gasteiger partial charge is 0.394 e. The molecule has 0 aromatic heterocycles. The first-order valence-corrected chi connectivity index (χ1v) is 23.1. The minimum atomic E-state index is -1.97. The van der Waals surface area contributed by atoms with Crippen LogP contribution < -0.4 is 5.32 Å². The van der Waals surface area contributed by atoms with E-state index in [0.29, 0.717) is 12.8 Å². The summed E-state index contributed by atoms with van der Waals surface area (Å²) in [4.78, 5) is 13.0. The van der Waals surface area contributed by atoms with Gasteiger partial charge in [0.2, 0.25) is 5.91 Å². The number of unbranched alkanes of at least 4 members (excludes halogenated alkanes) is 12. The minimum Gasteiger partial charge on any atom is -0.394 e. The topological polar surface area (TPSA) is 307 Å². The Kier molecular flexibility index (Phi) is 26.9. The first kappa shape index (κ1) is 55.6. The number of hydrogen-bond acceptors (Lipinski definition) is 18. The Morgan fingerprint density at radius 1 is 0.556 bits per heavy atom. The van der Waals surface area contributed by atoms with Crippen molar-refractivity contribution in [1.29, 1.82) is 0 Å². The molecule has 19 nitrogen and oxygen atoms in total. The van der Waals surface area contributed by atoms with Gasteiger partial charge in [-0.25, -0.2) is 0 Å². The number of carbonyl (C=O) groups is 1. The van der Waals surface area contributed by atoms with E-state index in [0.717, 1.165) is 44.9 Å². The summed E-state index contributed by atoms with van der Waals surface area (Å²) in [5, 5.41) is 118. The van der Waals surface area contributed by atoms with E-state index in [-0.39, 0.29) is 18.9 Å². The number of amides is 1. The second-order valence-electron chi connectivity index (χ2n) is 16.9. The molecule has 63 heavy (non-hydrogen) atoms. The van der Waals surface area contributed by atoms with Crippen molar-refractivity contribution in [1.82, 2.24) is 5.32 Å². The van der Waals surface area contributed by atoms with E-state index in [4.69, 9.17) is 28.4 Å². The molecule has 0 radical (unpaired) electrons. The molecule has 17 atom stereocenters. The molecule has 3 aliphatic heterocycles. The van der Waals surface area contributed by atoms with Crippen LogP contribution in [0.2, 0.25) is 0 Å². The van der Waals surface area contributed by atoms with Crippen LogP contribution in [0.15, 0.2) is 24.3 Å². The SMILES string of the molecule is CCC/C=C/C(O)C(COC1OC(CO)C(OC2OC(CO)C(OC3OC(CO)C(O)C(O)C3O)C(O)C2O)C(O)C1O)NC(=O)CCCCCCC/C=C\CCCCCCCC. The summed E-state index contributed by atoms with van der Waals surface area (Å²) in [6, 6.07) is -0.968. The van der Waals surface area contributed by atoms with Crippen LogP contribution in [0.5, 0.6) is 0 Å². The van der Waals surface area contributed by atoms with E-state index in [2.05, 4.69) is 24.4 Å². The second kappa shape index (κ2) is 30.5. The van der Waals surface area contributed by atoms with E-state index in [1.54, 1.807) is 6.08 Å². The number of allylic oxidation sites excluding steroid dienone is 3. The van der Waals surface area contributed by atoms with Gasteiger partial charge in [0, 0.05) is 6.42 Å². The molecule has 12 N–H and O–H groups in total. The molecule has 1 amide bonds. The Labute approximate surface area is 371 Å². The van der Waals surface area contributed by atoms with Crippen molar-refractivity contribution in [3.05, 3.63) is 24.3 Å². The van der Waals surface area contributed by atoms with Gasteiger partial charge >= 0.3 is 0 Å². The van der Waals surface area contributed by atoms with Gasteiger partial charge in [0.05, 0.1) is 38.6 Å². The van der Waals surface area contributed by atoms with E-state index in [1.165, 1.54) is 44.6 Å². The van der Waals surface area contributed by atoms with Crippen molar-refractivity contribution < 1.29 is 89.4 Å². The van der Waals surface area contributed by atoms with Crippen LogP contribution in [-0.2, 0) is 33.2 Å². The van der Waals surface area contributed by atoms with Gasteiger partial charge < -0.3 is 89.9 Å². The molecule has 19 heteroatoms. The molecule has 3 rings (SSSR count). The third-order valence-electron chi connectivity index (χ3n) is 11.7. The lowest BCUT2D eigenvalue weighted by molar-refractivity contribution is -0.379. The lowest BCUT2D eigenvalue weighted by Gasteiger charge is -2.48. The first-order chi connectivity index (χ1) is 30.3. The maximum Gasteiger partial charge on any atom is 0.220 e. The molecule has 3 heterocycles. The van der Waals surface area contributed by atoms with Crippen LogP contribution >= 0.6 is 0 Å². The fraction of sp³-hybridized carbons (Fsp3) is 0.886. The summed E-state index contributed by atoms with van der Waals surface area (Å²) in [6.07, 6.45) is -2.54. The third-order valence-corrected chi connectivity index (χ3v) is 11.7. The average Bonchev–Trinajstić information content (AvgIpc) is 3.28. The molecule has 0 saturated carbocycles. The number of nitrogens with one attached hydrogen (secondary N) is 1. The molecular formula is C44H79NO18. The molecule has 0 bridgehead atoms. The van der Waals surface area contributed by atoms with Crippen LogP contribution in [-0.4, -0.2) is 193 Å². The molecular weight excluding hydrogens is 830 g/mol. The summed E-state index contributed by atoms with van der Waals surface area (Å²) in [7, 11) is 0. The zero-order valence-corrected chi connectivity index (χ0v) is 37.0. The molecule has 3 fully saturated rings. The fourth-order valence-electron chi connectivity index (χ4n) is 7.78. The molecule has 0 aliphatic carbocycles. The van der Waals surface area contributed by atoms with Gasteiger partial charge in [0.25, 0.3) is 0 Å². The maximum absolute atomic E-state index is 13.0. The molecule has 3 saturated heterocycles. The van der Waals surface area contributed by atoms with Crippen LogP contribution in [0.4, 0.5) is 0 Å². The number of aliphatic hydroxyl groups is 11. The van der Waals surface area contributed by atoms with E-state index < -0.39 is 124 Å². The van der Waals surface area contributed by atoms with E-state index in [9.17, 15) is 61.0 Å². The standard InChI is InChI=1S/C44H79NO18/c1-3-5-7-8-9-10-11-12-13-14-15-16-17-18-20-22-32(50)45-27(28(49)21-19-6-4-2)26-58-42-38(56)35(53)40(30(24-47)60-42)63-44-39(57)36(54)41(31(25-48)61-44)62-43-37(55)34(52)33(51)29(23-46)59-43/h12-13,19,21,27-31,33-44,46-49,51-57H,3-11,14-18,20,22-26H2,1-2H3,(H,45,50)/b13-12-,21-19+. The van der Waals surface area contributed by atoms with Gasteiger partial charge in [-0.1, -0.05) is 95.9 Å². The number of aliphatic hydroxyl groups excluding tert-OH is 11. The highest BCUT2D eigenvalue weighted by molar-refractivity contribution is 5.76. The highest BCUT2D eigenvalue weighted by Crippen LogP contribution is 2.33. The molecule has 368 valence electrons. The smallest absolute Gasteiger partial charge is 0.220 e. The van der Waals surface area contributed by atoms with Gasteiger partial charge in [0.1, 0.15) is 73.2 Å². The highest BCUT2D eigenvalue weighted by atomic mass is 16.8. The van der Waals surface area contributed by atoms with Crippen molar-refractivity contribution in [2.45, 2.75) is 221 Å². The normalized spacial score (nSPS) is 35.0. The van der Waals surface area contributed by atoms with Gasteiger partial charge in [-0.3, -0.25) is 4.79 Å². The van der Waals surface area contributed by atoms with Crippen molar-refractivity contribution in [3.63, 3.8) is 0 Å². The Morgan fingerprint density at radius 3 is 1.57 bits per heavy atom. The zero-order valence-electron chi connectivity index (χ0n) is 37.0. The zero-order chi connectivity index (χ0) is 46.3. The highest BCUT2D eigenvalue weighted by Gasteiger charge is 2.53. The second-order valence-corrected chi connectivity index (χ2v) is 16.9. The van der Waals surface area contributed by atoms with E-state index in [1.807, 2.05) is 6.92 Å². The number of rotatable bonds is 30. The molecule has 0 spiro atoms. The van der Waals surface area contributed by atoms with Crippen LogP contribution in [0, 0.1) is 0 Å². The van der Waals surface area contributed by atoms with Crippen LogP contribution in [0.3, 0.4) is 0 Å². The van der Waals surface area contributed by atoms with E-state index >= 15 is 0 Å². The summed E-state index contributed by atoms with van der Waals surface area (Å²) in [6.45, 7) is 1.42. The van der Waals surface area contributed by atoms with Gasteiger partial charge in [-0.05, 0) is 38.5 Å². The van der Waals surface area contributed by atoms with Crippen molar-refractivity contribution in [2.24, 2.45) is 0 Å². The summed E-state index contributed by atoms with van der Waals surface area (Å²) in [5.41, 5.74) is 0. The van der Waals surface area contributed by atoms with Crippen LogP contribution in [0.25, 0.3) is 0 Å². The van der Waals surface area contributed by atoms with Crippen molar-refractivity contribution in [3.8, 4) is 0 Å². The molecule has 0 aromatic rings. The first-order valence-electron chi connectivity index (χ1n) is 23.1. The molecule has 17 unspecified atom stereocenters. The number of ether oxygens (including phenoxy) is 6. The minimum absolute atomic E-state index is 0.231. The average molecular weight is 910 g/mol. The predicted molar refractivity (Wildman–Crippen MR) is 226 cm³/mol. The summed E-state index contributed by atoms with van der Waals surface area (Å²) >= 11 is 0. The van der Waals surface area contributed by atoms with Gasteiger partial charge in [0.15, 0.2) is 18.9 Å². The maximum atomic E-state index is 13.0. The Morgan fingerprint density at radius 2 is 1.03 bits per heavy atom. The monoisotopic (exact) mass is 910 g/mol. The fourth-order valence-corrected chi connectivity index (χ4v) is 7.78. The van der Waals surface area contributed by atoms with Crippen molar-refractivity contribution in [2.75, 3.05) is 26.4 Å². The predicted octanol–water partition coefficient (Wildman–Crippen LogP) is -0.309. The van der Waals surface area contributed by atoms with Gasteiger partial charge in [-0.2, -0.15) is 0 Å². The lowest BCUT2D eigenvalue weighted by atomic mass is 9.96. The quantitative estimate of drug-likeness (QED) is 0.0325. The molecule has 3 aliphatic rings. The number of carbonyl (C=O) groups excluding carboxylic acids is 1. The van der Waals surface area contributed by atoms with Gasteiger partial charge in [-0.15, -0.1) is 0 Å². The Hall–Kier alpha value is -1.73. The number of hydrogen-bond donors (Lipinski definition) is 12. The van der Waals surface area contributed by atoms with Crippen LogP contribution in [0.1, 0.15) is 117 Å². The summed E-state index contributed by atoms with van der Waals surface area (Å²) in [5.74, 6) is -0.300.